The molecule has 4 nitrogen and oxygen atoms in total. The molecule has 4 heteroatoms. The Balaban J connectivity index is 4.83. The maximum absolute atomic E-state index is 11.7. The van der Waals surface area contributed by atoms with Gasteiger partial charge < -0.3 is 9.47 Å². The molecule has 0 aromatic rings. The summed E-state index contributed by atoms with van der Waals surface area (Å²) in [5.41, 5.74) is -0.866. The normalized spacial score (nSPS) is 10.1. The minimum atomic E-state index is -1.39. The van der Waals surface area contributed by atoms with Crippen LogP contribution < -0.4 is 0 Å². The maximum Gasteiger partial charge on any atom is 0.323 e. The monoisotopic (exact) mass is 266 g/mol. The molecule has 19 heavy (non-hydrogen) atoms. The van der Waals surface area contributed by atoms with E-state index in [-0.39, 0.29) is 6.42 Å². The molecule has 0 radical (unpaired) electrons. The Morgan fingerprint density at radius 2 is 1.74 bits per heavy atom. The molecule has 0 aliphatic carbocycles. The molecule has 0 amide bonds. The summed E-state index contributed by atoms with van der Waals surface area (Å²) in [5.74, 6) is 4.55. The summed E-state index contributed by atoms with van der Waals surface area (Å²) in [5, 5.41) is 0. The second-order valence-electron chi connectivity index (χ2n) is 4.50. The molecular formula is C15H22O4. The first-order chi connectivity index (χ1) is 8.92. The van der Waals surface area contributed by atoms with Crippen molar-refractivity contribution in [3.8, 4) is 11.8 Å². The molecule has 0 aromatic carbocycles. The van der Waals surface area contributed by atoms with Gasteiger partial charge >= 0.3 is 11.9 Å². The van der Waals surface area contributed by atoms with E-state index in [2.05, 4.69) is 34.8 Å². The van der Waals surface area contributed by atoms with E-state index in [1.54, 1.807) is 0 Å². The number of hydrogen-bond acceptors (Lipinski definition) is 4. The Kier molecular flexibility index (Phi) is 7.59. The van der Waals surface area contributed by atoms with Crippen molar-refractivity contribution in [3.63, 3.8) is 0 Å². The van der Waals surface area contributed by atoms with Gasteiger partial charge in [-0.2, -0.15) is 0 Å². The van der Waals surface area contributed by atoms with Gasteiger partial charge in [-0.25, -0.2) is 0 Å². The molecule has 0 spiro atoms. The van der Waals surface area contributed by atoms with Gasteiger partial charge in [0.1, 0.15) is 0 Å². The minimum Gasteiger partial charge on any atom is -0.468 e. The highest BCUT2D eigenvalue weighted by molar-refractivity contribution is 5.99. The predicted molar refractivity (Wildman–Crippen MR) is 73.2 cm³/mol. The summed E-state index contributed by atoms with van der Waals surface area (Å²) in [4.78, 5) is 23.5. The van der Waals surface area contributed by atoms with E-state index in [0.29, 0.717) is 5.57 Å². The second kappa shape index (κ2) is 8.36. The lowest BCUT2D eigenvalue weighted by atomic mass is 9.84. The zero-order valence-electron chi connectivity index (χ0n) is 12.2. The van der Waals surface area contributed by atoms with Crippen molar-refractivity contribution in [2.75, 3.05) is 14.2 Å². The largest absolute Gasteiger partial charge is 0.468 e. The first kappa shape index (κ1) is 17.2. The molecule has 0 saturated carbocycles. The number of carbonyl (C=O) groups excluding carboxylic acids is 2. The molecule has 0 atom stereocenters. The third kappa shape index (κ3) is 5.17. The Labute approximate surface area is 115 Å². The first-order valence-corrected chi connectivity index (χ1v) is 6.25. The molecule has 0 unspecified atom stereocenters. The highest BCUT2D eigenvalue weighted by atomic mass is 16.5. The van der Waals surface area contributed by atoms with Gasteiger partial charge in [-0.15, -0.1) is 0 Å². The number of allylic oxidation sites excluding steroid dienone is 1. The molecule has 0 aliphatic rings. The molecule has 0 rings (SSSR count). The summed E-state index contributed by atoms with van der Waals surface area (Å²) < 4.78 is 9.31. The number of esters is 2. The van der Waals surface area contributed by atoms with Crippen molar-refractivity contribution in [1.29, 1.82) is 0 Å². The van der Waals surface area contributed by atoms with Crippen molar-refractivity contribution < 1.29 is 19.1 Å². The van der Waals surface area contributed by atoms with Crippen molar-refractivity contribution in [2.45, 2.75) is 39.5 Å². The lowest BCUT2D eigenvalue weighted by molar-refractivity contribution is -0.167. The summed E-state index contributed by atoms with van der Waals surface area (Å²) in [6, 6.07) is 0. The highest BCUT2D eigenvalue weighted by Gasteiger charge is 2.43. The van der Waals surface area contributed by atoms with Crippen LogP contribution >= 0.6 is 0 Å². The van der Waals surface area contributed by atoms with Crippen LogP contribution in [0.15, 0.2) is 12.2 Å². The van der Waals surface area contributed by atoms with Gasteiger partial charge in [-0.1, -0.05) is 31.8 Å². The topological polar surface area (TPSA) is 52.6 Å². The molecule has 0 bridgehead atoms. The van der Waals surface area contributed by atoms with Gasteiger partial charge in [0, 0.05) is 12.8 Å². The lowest BCUT2D eigenvalue weighted by Crippen LogP contribution is -2.38. The smallest absolute Gasteiger partial charge is 0.323 e. The SMILES string of the molecule is C=C(C#CCCCC)CC(C)(C(=O)OC)C(=O)OC. The summed E-state index contributed by atoms with van der Waals surface area (Å²) in [7, 11) is 2.47. The van der Waals surface area contributed by atoms with Gasteiger partial charge in [-0.05, 0) is 18.9 Å². The van der Waals surface area contributed by atoms with E-state index in [0.717, 1.165) is 19.3 Å². The van der Waals surface area contributed by atoms with Gasteiger partial charge in [0.2, 0.25) is 0 Å². The van der Waals surface area contributed by atoms with Gasteiger partial charge in [-0.3, -0.25) is 9.59 Å². The predicted octanol–water partition coefficient (Wildman–Crippen LogP) is 2.48. The first-order valence-electron chi connectivity index (χ1n) is 6.25. The van der Waals surface area contributed by atoms with E-state index in [9.17, 15) is 9.59 Å². The van der Waals surface area contributed by atoms with Gasteiger partial charge in [0.25, 0.3) is 0 Å². The highest BCUT2D eigenvalue weighted by Crippen LogP contribution is 2.28. The fraction of sp³-hybridized carbons (Fsp3) is 0.600. The minimum absolute atomic E-state index is 0.103. The van der Waals surface area contributed by atoms with Gasteiger partial charge in [0.05, 0.1) is 14.2 Å². The Hall–Kier alpha value is -1.76. The Morgan fingerprint density at radius 3 is 2.16 bits per heavy atom. The zero-order valence-corrected chi connectivity index (χ0v) is 12.2. The number of hydrogen-bond donors (Lipinski definition) is 0. The van der Waals surface area contributed by atoms with Crippen LogP contribution in [0.25, 0.3) is 0 Å². The molecule has 0 aliphatic heterocycles. The van der Waals surface area contributed by atoms with E-state index in [1.807, 2.05) is 0 Å². The number of carbonyl (C=O) groups is 2. The quantitative estimate of drug-likeness (QED) is 0.321. The van der Waals surface area contributed by atoms with Crippen molar-refractivity contribution in [1.82, 2.24) is 0 Å². The summed E-state index contributed by atoms with van der Waals surface area (Å²) in [6.07, 6.45) is 2.98. The van der Waals surface area contributed by atoms with Crippen LogP contribution in [0.4, 0.5) is 0 Å². The molecule has 0 heterocycles. The van der Waals surface area contributed by atoms with Crippen LogP contribution in [-0.2, 0) is 19.1 Å². The molecule has 0 aromatic heterocycles. The van der Waals surface area contributed by atoms with E-state index < -0.39 is 17.4 Å². The fourth-order valence-corrected chi connectivity index (χ4v) is 1.60. The van der Waals surface area contributed by atoms with E-state index in [4.69, 9.17) is 0 Å². The molecule has 0 fully saturated rings. The Bertz CT molecular complexity index is 382. The summed E-state index contributed by atoms with van der Waals surface area (Å²) >= 11 is 0. The van der Waals surface area contributed by atoms with E-state index in [1.165, 1.54) is 21.1 Å². The zero-order chi connectivity index (χ0) is 14.9. The third-order valence-corrected chi connectivity index (χ3v) is 2.76. The number of unbranched alkanes of at least 4 members (excludes halogenated alkanes) is 2. The number of rotatable bonds is 6. The van der Waals surface area contributed by atoms with Crippen molar-refractivity contribution in [3.05, 3.63) is 12.2 Å². The van der Waals surface area contributed by atoms with Crippen LogP contribution in [0.1, 0.15) is 39.5 Å². The lowest BCUT2D eigenvalue weighted by Gasteiger charge is -2.23. The number of ether oxygens (including phenoxy) is 2. The van der Waals surface area contributed by atoms with Crippen molar-refractivity contribution >= 4 is 11.9 Å². The summed E-state index contributed by atoms with van der Waals surface area (Å²) in [6.45, 7) is 7.34. The van der Waals surface area contributed by atoms with E-state index >= 15 is 0 Å². The molecule has 106 valence electrons. The molecule has 0 N–H and O–H groups in total. The average molecular weight is 266 g/mol. The van der Waals surface area contributed by atoms with Crippen LogP contribution in [0.3, 0.4) is 0 Å². The van der Waals surface area contributed by atoms with Crippen LogP contribution in [-0.4, -0.2) is 26.2 Å². The molecular weight excluding hydrogens is 244 g/mol. The Morgan fingerprint density at radius 1 is 1.21 bits per heavy atom. The van der Waals surface area contributed by atoms with Crippen LogP contribution in [0.5, 0.6) is 0 Å². The third-order valence-electron chi connectivity index (χ3n) is 2.76. The standard InChI is InChI=1S/C15H22O4/c1-6-7-8-9-10-12(2)11-15(3,13(16)18-4)14(17)19-5/h2,6-8,11H2,1,3-5H3. The fourth-order valence-electron chi connectivity index (χ4n) is 1.60. The average Bonchev–Trinajstić information content (AvgIpc) is 2.41. The van der Waals surface area contributed by atoms with Crippen LogP contribution in [0, 0.1) is 17.3 Å². The number of methoxy groups -OCH3 is 2. The van der Waals surface area contributed by atoms with Crippen molar-refractivity contribution in [2.24, 2.45) is 5.41 Å². The maximum atomic E-state index is 11.7. The van der Waals surface area contributed by atoms with Crippen LogP contribution in [0.2, 0.25) is 0 Å². The molecule has 0 saturated heterocycles. The second-order valence-corrected chi connectivity index (χ2v) is 4.50. The van der Waals surface area contributed by atoms with Gasteiger partial charge in [0.15, 0.2) is 5.41 Å².